The van der Waals surface area contributed by atoms with E-state index in [-0.39, 0.29) is 19.1 Å². The van der Waals surface area contributed by atoms with Gasteiger partial charge in [-0.1, -0.05) is 0 Å². The van der Waals surface area contributed by atoms with Crippen molar-refractivity contribution >= 4 is 11.8 Å². The lowest BCUT2D eigenvalue weighted by atomic mass is 10.0. The molecule has 7 nitrogen and oxygen atoms in total. The van der Waals surface area contributed by atoms with Gasteiger partial charge in [-0.15, -0.1) is 0 Å². The summed E-state index contributed by atoms with van der Waals surface area (Å²) in [6.07, 6.45) is 0. The highest BCUT2D eigenvalue weighted by Gasteiger charge is 2.39. The van der Waals surface area contributed by atoms with E-state index in [9.17, 15) is 9.59 Å². The van der Waals surface area contributed by atoms with Crippen LogP contribution in [0.3, 0.4) is 0 Å². The minimum Gasteiger partial charge on any atom is -0.497 e. The van der Waals surface area contributed by atoms with Crippen molar-refractivity contribution in [3.63, 3.8) is 0 Å². The molecular weight excluding hydrogens is 288 g/mol. The first kappa shape index (κ1) is 16.1. The van der Waals surface area contributed by atoms with Crippen molar-refractivity contribution < 1.29 is 23.8 Å². The van der Waals surface area contributed by atoms with Crippen LogP contribution < -0.4 is 15.2 Å². The van der Waals surface area contributed by atoms with Gasteiger partial charge in [0.25, 0.3) is 11.8 Å². The number of primary amides is 1. The van der Waals surface area contributed by atoms with Gasteiger partial charge in [-0.2, -0.15) is 0 Å². The van der Waals surface area contributed by atoms with Gasteiger partial charge in [-0.25, -0.2) is 0 Å². The van der Waals surface area contributed by atoms with E-state index in [2.05, 4.69) is 0 Å². The number of carbonyl (C=O) groups is 2. The van der Waals surface area contributed by atoms with Crippen molar-refractivity contribution in [3.8, 4) is 11.5 Å². The molecule has 1 aromatic carbocycles. The van der Waals surface area contributed by atoms with Gasteiger partial charge >= 0.3 is 0 Å². The van der Waals surface area contributed by atoms with E-state index >= 15 is 0 Å². The van der Waals surface area contributed by atoms with Gasteiger partial charge in [-0.3, -0.25) is 9.59 Å². The maximum atomic E-state index is 12.7. The third-order valence-corrected chi connectivity index (χ3v) is 3.68. The Hall–Kier alpha value is -2.28. The van der Waals surface area contributed by atoms with E-state index < -0.39 is 11.5 Å². The highest BCUT2D eigenvalue weighted by molar-refractivity contribution is 5.96. The molecule has 22 heavy (non-hydrogen) atoms. The second-order valence-corrected chi connectivity index (χ2v) is 5.27. The molecule has 2 amide bonds. The quantitative estimate of drug-likeness (QED) is 0.870. The van der Waals surface area contributed by atoms with Crippen LogP contribution in [0.1, 0.15) is 17.3 Å². The number of methoxy groups -OCH3 is 2. The molecule has 0 saturated carbocycles. The monoisotopic (exact) mass is 308 g/mol. The molecule has 1 atom stereocenters. The fraction of sp³-hybridized carbons (Fsp3) is 0.467. The summed E-state index contributed by atoms with van der Waals surface area (Å²) in [6.45, 7) is 2.34. The molecule has 2 rings (SSSR count). The molecule has 1 aromatic rings. The fourth-order valence-corrected chi connectivity index (χ4v) is 2.31. The van der Waals surface area contributed by atoms with Crippen molar-refractivity contribution in [2.45, 2.75) is 12.5 Å². The first-order chi connectivity index (χ1) is 10.4. The normalized spacial score (nSPS) is 21.3. The van der Waals surface area contributed by atoms with Gasteiger partial charge in [0.15, 0.2) is 5.60 Å². The summed E-state index contributed by atoms with van der Waals surface area (Å²) in [5, 5.41) is 0. The van der Waals surface area contributed by atoms with E-state index in [0.717, 1.165) is 0 Å². The molecule has 0 bridgehead atoms. The average molecular weight is 308 g/mol. The van der Waals surface area contributed by atoms with Crippen LogP contribution in [0.2, 0.25) is 0 Å². The number of nitrogens with two attached hydrogens (primary N) is 1. The van der Waals surface area contributed by atoms with Gasteiger partial charge < -0.3 is 24.8 Å². The topological polar surface area (TPSA) is 91.1 Å². The Morgan fingerprint density at radius 2 is 1.82 bits per heavy atom. The predicted molar refractivity (Wildman–Crippen MR) is 79.0 cm³/mol. The third kappa shape index (κ3) is 3.14. The third-order valence-electron chi connectivity index (χ3n) is 3.68. The zero-order valence-corrected chi connectivity index (χ0v) is 12.9. The lowest BCUT2D eigenvalue weighted by Gasteiger charge is -2.38. The Labute approximate surface area is 128 Å². The number of rotatable bonds is 4. The van der Waals surface area contributed by atoms with Gasteiger partial charge in [0, 0.05) is 18.2 Å². The van der Waals surface area contributed by atoms with Crippen LogP contribution in [0.15, 0.2) is 18.2 Å². The molecular formula is C15H20N2O5. The van der Waals surface area contributed by atoms with Crippen LogP contribution in [-0.2, 0) is 9.53 Å². The number of hydrogen-bond acceptors (Lipinski definition) is 5. The van der Waals surface area contributed by atoms with Crippen LogP contribution >= 0.6 is 0 Å². The molecule has 1 fully saturated rings. The van der Waals surface area contributed by atoms with E-state index in [1.165, 1.54) is 14.2 Å². The Bertz CT molecular complexity index is 567. The maximum Gasteiger partial charge on any atom is 0.254 e. The van der Waals surface area contributed by atoms with Gasteiger partial charge in [0.1, 0.15) is 11.5 Å². The van der Waals surface area contributed by atoms with E-state index in [1.54, 1.807) is 30.0 Å². The molecule has 0 aliphatic carbocycles. The molecule has 0 spiro atoms. The number of amides is 2. The number of nitrogens with zero attached hydrogens (tertiary/aromatic N) is 1. The van der Waals surface area contributed by atoms with Crippen molar-refractivity contribution in [2.75, 3.05) is 33.9 Å². The number of carbonyl (C=O) groups excluding carboxylic acids is 2. The van der Waals surface area contributed by atoms with Crippen molar-refractivity contribution in [3.05, 3.63) is 23.8 Å². The zero-order valence-electron chi connectivity index (χ0n) is 12.9. The Balaban J connectivity index is 2.26. The summed E-state index contributed by atoms with van der Waals surface area (Å²) in [5.74, 6) is 0.225. The van der Waals surface area contributed by atoms with E-state index in [0.29, 0.717) is 23.6 Å². The first-order valence-corrected chi connectivity index (χ1v) is 6.86. The minimum atomic E-state index is -1.17. The number of hydrogen-bond donors (Lipinski definition) is 1. The lowest BCUT2D eigenvalue weighted by molar-refractivity contribution is -0.150. The summed E-state index contributed by atoms with van der Waals surface area (Å²) in [4.78, 5) is 25.7. The largest absolute Gasteiger partial charge is 0.497 e. The molecule has 7 heteroatoms. The molecule has 120 valence electrons. The molecule has 1 aliphatic rings. The predicted octanol–water partition coefficient (Wildman–Crippen LogP) is 0.420. The van der Waals surface area contributed by atoms with Crippen LogP contribution in [0.5, 0.6) is 11.5 Å². The molecule has 1 saturated heterocycles. The number of morpholine rings is 1. The second kappa shape index (κ2) is 6.23. The van der Waals surface area contributed by atoms with Gasteiger partial charge in [-0.05, 0) is 19.1 Å². The van der Waals surface area contributed by atoms with Crippen LogP contribution in [0, 0.1) is 0 Å². The fourth-order valence-electron chi connectivity index (χ4n) is 2.31. The summed E-state index contributed by atoms with van der Waals surface area (Å²) in [5.41, 5.74) is 4.60. The molecule has 0 unspecified atom stereocenters. The van der Waals surface area contributed by atoms with Gasteiger partial charge in [0.05, 0.1) is 27.4 Å². The standard InChI is InChI=1S/C15H20N2O5/c1-15(14(16)19)9-17(4-5-22-15)13(18)10-6-11(20-2)8-12(7-10)21-3/h6-8H,4-5,9H2,1-3H3,(H2,16,19)/t15-/m1/s1. The van der Waals surface area contributed by atoms with Gasteiger partial charge in [0.2, 0.25) is 0 Å². The summed E-state index contributed by atoms with van der Waals surface area (Å²) < 4.78 is 15.7. The van der Waals surface area contributed by atoms with Crippen molar-refractivity contribution in [1.82, 2.24) is 4.90 Å². The second-order valence-electron chi connectivity index (χ2n) is 5.27. The number of ether oxygens (including phenoxy) is 3. The molecule has 0 radical (unpaired) electrons. The lowest BCUT2D eigenvalue weighted by Crippen LogP contribution is -2.58. The average Bonchev–Trinajstić information content (AvgIpc) is 2.53. The smallest absolute Gasteiger partial charge is 0.254 e. The molecule has 1 heterocycles. The summed E-state index contributed by atoms with van der Waals surface area (Å²) in [7, 11) is 3.03. The number of benzene rings is 1. The van der Waals surface area contributed by atoms with Crippen LogP contribution in [-0.4, -0.2) is 56.2 Å². The first-order valence-electron chi connectivity index (χ1n) is 6.86. The van der Waals surface area contributed by atoms with Crippen molar-refractivity contribution in [2.24, 2.45) is 5.73 Å². The Kier molecular flexibility index (Phi) is 4.56. The summed E-state index contributed by atoms with van der Waals surface area (Å²) >= 11 is 0. The van der Waals surface area contributed by atoms with Crippen LogP contribution in [0.4, 0.5) is 0 Å². The van der Waals surface area contributed by atoms with E-state index in [1.807, 2.05) is 0 Å². The molecule has 2 N–H and O–H groups in total. The summed E-state index contributed by atoms with van der Waals surface area (Å²) in [6, 6.07) is 4.94. The molecule has 1 aliphatic heterocycles. The highest BCUT2D eigenvalue weighted by Crippen LogP contribution is 2.25. The zero-order chi connectivity index (χ0) is 16.3. The van der Waals surface area contributed by atoms with Crippen LogP contribution in [0.25, 0.3) is 0 Å². The SMILES string of the molecule is COc1cc(OC)cc(C(=O)N2CCO[C@@](C)(C(N)=O)C2)c1. The minimum absolute atomic E-state index is 0.112. The van der Waals surface area contributed by atoms with E-state index in [4.69, 9.17) is 19.9 Å². The maximum absolute atomic E-state index is 12.7. The Morgan fingerprint density at radius 3 is 2.32 bits per heavy atom. The van der Waals surface area contributed by atoms with Crippen molar-refractivity contribution in [1.29, 1.82) is 0 Å². The Morgan fingerprint density at radius 1 is 1.23 bits per heavy atom. The highest BCUT2D eigenvalue weighted by atomic mass is 16.5. The molecule has 0 aromatic heterocycles.